The average molecular weight is 581 g/mol. The van der Waals surface area contributed by atoms with Crippen LogP contribution in [0.3, 0.4) is 0 Å². The summed E-state index contributed by atoms with van der Waals surface area (Å²) in [7, 11) is 0. The molecule has 0 amide bonds. The third-order valence-electron chi connectivity index (χ3n) is 8.26. The summed E-state index contributed by atoms with van der Waals surface area (Å²) in [4.78, 5) is 14.8. The highest BCUT2D eigenvalue weighted by Crippen LogP contribution is 2.41. The van der Waals surface area contributed by atoms with E-state index in [1.165, 1.54) is 47.7 Å². The highest BCUT2D eigenvalue weighted by atomic mass is 32.1. The Balaban J connectivity index is 1.25. The number of para-hydroxylation sites is 2. The van der Waals surface area contributed by atoms with E-state index in [4.69, 9.17) is 15.0 Å². The van der Waals surface area contributed by atoms with Gasteiger partial charge in [0.2, 0.25) is 0 Å². The van der Waals surface area contributed by atoms with E-state index in [0.717, 1.165) is 16.7 Å². The van der Waals surface area contributed by atoms with Crippen molar-refractivity contribution in [1.82, 2.24) is 19.5 Å². The molecule has 0 aliphatic heterocycles. The fourth-order valence-corrected chi connectivity index (χ4v) is 7.46. The van der Waals surface area contributed by atoms with Crippen molar-refractivity contribution in [3.8, 4) is 39.9 Å². The lowest BCUT2D eigenvalue weighted by Gasteiger charge is -2.09. The van der Waals surface area contributed by atoms with Crippen molar-refractivity contribution in [1.29, 1.82) is 0 Å². The molecule has 0 fully saturated rings. The monoisotopic (exact) mass is 580 g/mol. The van der Waals surface area contributed by atoms with Crippen LogP contribution in [-0.4, -0.2) is 19.5 Å². The zero-order valence-corrected chi connectivity index (χ0v) is 24.4. The van der Waals surface area contributed by atoms with Crippen LogP contribution in [0.5, 0.6) is 0 Å². The molecule has 3 aromatic heterocycles. The van der Waals surface area contributed by atoms with E-state index >= 15 is 0 Å². The summed E-state index contributed by atoms with van der Waals surface area (Å²) in [5.74, 6) is 2.00. The smallest absolute Gasteiger partial charge is 0.164 e. The maximum absolute atomic E-state index is 4.96. The van der Waals surface area contributed by atoms with Crippen LogP contribution in [0.1, 0.15) is 0 Å². The van der Waals surface area contributed by atoms with E-state index < -0.39 is 0 Å². The summed E-state index contributed by atoms with van der Waals surface area (Å²) in [6, 6.07) is 50.8. The van der Waals surface area contributed by atoms with E-state index in [1.54, 1.807) is 0 Å². The molecule has 0 saturated carbocycles. The van der Waals surface area contributed by atoms with Gasteiger partial charge in [-0.05, 0) is 24.3 Å². The molecule has 5 heteroatoms. The summed E-state index contributed by atoms with van der Waals surface area (Å²) in [6.45, 7) is 0. The number of aromatic nitrogens is 4. The Morgan fingerprint density at radius 3 is 1.55 bits per heavy atom. The number of hydrogen-bond donors (Lipinski definition) is 0. The number of rotatable bonds is 4. The van der Waals surface area contributed by atoms with Crippen LogP contribution in [-0.2, 0) is 0 Å². The maximum Gasteiger partial charge on any atom is 0.164 e. The standard InChI is InChI=1S/C39H24N4S/c1-3-12-25(13-4-1)37-40-38(26-14-5-2-6-15-26)42-39(41-37)27-22-23-30-31-18-11-21-34(36(31)44-35(30)24-27)43-32-19-9-7-16-28(32)29-17-8-10-20-33(29)43/h1-24H. The number of hydrogen-bond acceptors (Lipinski definition) is 4. The van der Waals surface area contributed by atoms with Gasteiger partial charge in [-0.1, -0.05) is 121 Å². The molecular weight excluding hydrogens is 557 g/mol. The normalized spacial score (nSPS) is 11.6. The van der Waals surface area contributed by atoms with Gasteiger partial charge in [0.1, 0.15) is 0 Å². The Kier molecular flexibility index (Phi) is 5.64. The Morgan fingerprint density at radius 1 is 0.409 bits per heavy atom. The predicted molar refractivity (Wildman–Crippen MR) is 183 cm³/mol. The molecule has 4 nitrogen and oxygen atoms in total. The zero-order chi connectivity index (χ0) is 29.0. The van der Waals surface area contributed by atoms with Gasteiger partial charge >= 0.3 is 0 Å². The molecule has 0 aliphatic carbocycles. The van der Waals surface area contributed by atoms with Crippen molar-refractivity contribution < 1.29 is 0 Å². The maximum atomic E-state index is 4.96. The molecule has 0 bridgehead atoms. The summed E-state index contributed by atoms with van der Waals surface area (Å²) >= 11 is 1.82. The van der Waals surface area contributed by atoms with Crippen LogP contribution in [0.2, 0.25) is 0 Å². The third-order valence-corrected chi connectivity index (χ3v) is 9.45. The van der Waals surface area contributed by atoms with Crippen molar-refractivity contribution in [3.05, 3.63) is 146 Å². The molecule has 0 unspecified atom stereocenters. The van der Waals surface area contributed by atoms with Gasteiger partial charge in [0.25, 0.3) is 0 Å². The fourth-order valence-electron chi connectivity index (χ4n) is 6.22. The second-order valence-corrected chi connectivity index (χ2v) is 11.9. The van der Waals surface area contributed by atoms with Crippen molar-refractivity contribution in [2.75, 3.05) is 0 Å². The molecule has 0 atom stereocenters. The molecule has 0 saturated heterocycles. The first-order valence-electron chi connectivity index (χ1n) is 14.6. The SMILES string of the molecule is c1ccc(-c2nc(-c3ccccc3)nc(-c3ccc4c(c3)sc3c(-n5c6ccccc6c6ccccc65)cccc34)n2)cc1. The lowest BCUT2D eigenvalue weighted by Crippen LogP contribution is -1.99. The van der Waals surface area contributed by atoms with E-state index in [9.17, 15) is 0 Å². The first-order valence-corrected chi connectivity index (χ1v) is 15.4. The Morgan fingerprint density at radius 2 is 0.932 bits per heavy atom. The van der Waals surface area contributed by atoms with Gasteiger partial charge in [0.15, 0.2) is 17.5 Å². The Hall–Kier alpha value is -5.65. The molecular formula is C39H24N4S. The second kappa shape index (κ2) is 9.97. The van der Waals surface area contributed by atoms with Gasteiger partial charge in [-0.2, -0.15) is 0 Å². The van der Waals surface area contributed by atoms with Crippen LogP contribution in [0.15, 0.2) is 146 Å². The van der Waals surface area contributed by atoms with Crippen LogP contribution >= 0.6 is 11.3 Å². The van der Waals surface area contributed by atoms with Crippen LogP contribution < -0.4 is 0 Å². The van der Waals surface area contributed by atoms with Crippen molar-refractivity contribution in [2.45, 2.75) is 0 Å². The molecule has 44 heavy (non-hydrogen) atoms. The van der Waals surface area contributed by atoms with Gasteiger partial charge in [-0.15, -0.1) is 11.3 Å². The first-order chi connectivity index (χ1) is 21.8. The van der Waals surface area contributed by atoms with E-state index in [0.29, 0.717) is 17.5 Å². The number of benzene rings is 6. The second-order valence-electron chi connectivity index (χ2n) is 10.9. The van der Waals surface area contributed by atoms with E-state index in [2.05, 4.69) is 89.5 Å². The van der Waals surface area contributed by atoms with Gasteiger partial charge < -0.3 is 4.57 Å². The van der Waals surface area contributed by atoms with Gasteiger partial charge in [-0.3, -0.25) is 0 Å². The van der Waals surface area contributed by atoms with Crippen LogP contribution in [0, 0.1) is 0 Å². The third kappa shape index (κ3) is 3.94. The predicted octanol–water partition coefficient (Wildman–Crippen LogP) is 10.3. The van der Waals surface area contributed by atoms with Gasteiger partial charge in [0, 0.05) is 42.9 Å². The minimum Gasteiger partial charge on any atom is -0.308 e. The van der Waals surface area contributed by atoms with E-state index in [-0.39, 0.29) is 0 Å². The molecule has 6 aromatic carbocycles. The molecule has 206 valence electrons. The number of fused-ring (bicyclic) bond motifs is 6. The molecule has 9 rings (SSSR count). The number of nitrogens with zero attached hydrogens (tertiary/aromatic N) is 4. The summed E-state index contributed by atoms with van der Waals surface area (Å²) < 4.78 is 4.87. The highest BCUT2D eigenvalue weighted by Gasteiger charge is 2.17. The lowest BCUT2D eigenvalue weighted by atomic mass is 10.1. The Labute approximate surface area is 257 Å². The molecule has 9 aromatic rings. The molecule has 0 N–H and O–H groups in total. The molecule has 3 heterocycles. The first kappa shape index (κ1) is 24.9. The summed E-state index contributed by atoms with van der Waals surface area (Å²) in [5.41, 5.74) is 6.52. The molecule has 0 aliphatic rings. The Bertz CT molecular complexity index is 2380. The van der Waals surface area contributed by atoms with Crippen LogP contribution in [0.4, 0.5) is 0 Å². The van der Waals surface area contributed by atoms with Gasteiger partial charge in [-0.25, -0.2) is 15.0 Å². The van der Waals surface area contributed by atoms with Crippen molar-refractivity contribution in [3.63, 3.8) is 0 Å². The summed E-state index contributed by atoms with van der Waals surface area (Å²) in [5, 5.41) is 5.02. The average Bonchev–Trinajstić information content (AvgIpc) is 3.64. The lowest BCUT2D eigenvalue weighted by molar-refractivity contribution is 1.07. The largest absolute Gasteiger partial charge is 0.308 e. The topological polar surface area (TPSA) is 43.6 Å². The van der Waals surface area contributed by atoms with Crippen molar-refractivity contribution in [2.24, 2.45) is 0 Å². The van der Waals surface area contributed by atoms with Gasteiger partial charge in [0.05, 0.1) is 21.4 Å². The van der Waals surface area contributed by atoms with E-state index in [1.807, 2.05) is 72.0 Å². The fraction of sp³-hybridized carbons (Fsp3) is 0. The van der Waals surface area contributed by atoms with Crippen molar-refractivity contribution >= 4 is 53.3 Å². The molecule has 0 radical (unpaired) electrons. The quantitative estimate of drug-likeness (QED) is 0.208. The minimum atomic E-state index is 0.666. The molecule has 0 spiro atoms. The number of thiophene rings is 1. The minimum absolute atomic E-state index is 0.666. The van der Waals surface area contributed by atoms with Crippen LogP contribution in [0.25, 0.3) is 81.8 Å². The highest BCUT2D eigenvalue weighted by molar-refractivity contribution is 7.26. The zero-order valence-electron chi connectivity index (χ0n) is 23.6. The summed E-state index contributed by atoms with van der Waals surface area (Å²) in [6.07, 6.45) is 0.